The van der Waals surface area contributed by atoms with E-state index in [0.29, 0.717) is 6.61 Å². The van der Waals surface area contributed by atoms with Gasteiger partial charge in [0, 0.05) is 18.6 Å². The van der Waals surface area contributed by atoms with E-state index in [2.05, 4.69) is 102 Å². The maximum atomic E-state index is 12.3. The van der Waals surface area contributed by atoms with Crippen molar-refractivity contribution in [3.63, 3.8) is 0 Å². The molecule has 0 aromatic carbocycles. The zero-order valence-corrected chi connectivity index (χ0v) is 30.2. The van der Waals surface area contributed by atoms with E-state index in [1.165, 1.54) is 7.11 Å². The van der Waals surface area contributed by atoms with E-state index < -0.39 is 25.0 Å². The molecule has 0 N–H and O–H groups in total. The Morgan fingerprint density at radius 1 is 0.757 bits per heavy atom. The maximum Gasteiger partial charge on any atom is 0.330 e. The van der Waals surface area contributed by atoms with E-state index >= 15 is 0 Å². The van der Waals surface area contributed by atoms with Crippen molar-refractivity contribution >= 4 is 30.9 Å². The van der Waals surface area contributed by atoms with Crippen LogP contribution in [-0.2, 0) is 22.8 Å². The second-order valence-corrected chi connectivity index (χ2v) is 30.0. The SMILES string of the molecule is COC(=O)C=C1C[C@H](O[Si](C)(C)C(C)(C)C)C(CCO[Si](C)(C)C(C)(C)C)[C@H](O[Si](C)(C)C(C)(C)C)C1. The van der Waals surface area contributed by atoms with Crippen LogP contribution in [0.2, 0.25) is 54.4 Å². The molecular formula is C29H60O5Si3. The number of esters is 1. The van der Waals surface area contributed by atoms with Crippen LogP contribution in [0.25, 0.3) is 0 Å². The Morgan fingerprint density at radius 2 is 1.14 bits per heavy atom. The fraction of sp³-hybridized carbons (Fsp3) is 0.897. The summed E-state index contributed by atoms with van der Waals surface area (Å²) in [6.07, 6.45) is 4.03. The molecule has 1 aliphatic rings. The van der Waals surface area contributed by atoms with E-state index in [1.807, 2.05) is 0 Å². The zero-order chi connectivity index (χ0) is 29.3. The summed E-state index contributed by atoms with van der Waals surface area (Å²) in [7, 11) is -4.55. The molecule has 0 aromatic rings. The van der Waals surface area contributed by atoms with Crippen molar-refractivity contribution in [3.05, 3.63) is 11.6 Å². The van der Waals surface area contributed by atoms with Gasteiger partial charge in [-0.1, -0.05) is 67.9 Å². The number of carbonyl (C=O) groups is 1. The lowest BCUT2D eigenvalue weighted by atomic mass is 9.79. The van der Waals surface area contributed by atoms with Crippen molar-refractivity contribution in [3.8, 4) is 0 Å². The zero-order valence-electron chi connectivity index (χ0n) is 27.2. The molecule has 5 nitrogen and oxygen atoms in total. The van der Waals surface area contributed by atoms with Crippen LogP contribution < -0.4 is 0 Å². The first-order chi connectivity index (χ1) is 16.3. The number of rotatable bonds is 9. The lowest BCUT2D eigenvalue weighted by Crippen LogP contribution is -2.53. The third-order valence-corrected chi connectivity index (χ3v) is 23.2. The molecule has 218 valence electrons. The molecule has 37 heavy (non-hydrogen) atoms. The average molecular weight is 573 g/mol. The molecule has 8 heteroatoms. The van der Waals surface area contributed by atoms with Gasteiger partial charge in [0.05, 0.1) is 19.3 Å². The van der Waals surface area contributed by atoms with E-state index in [-0.39, 0.29) is 39.2 Å². The first-order valence-electron chi connectivity index (χ1n) is 14.1. The summed E-state index contributed by atoms with van der Waals surface area (Å²) in [6.45, 7) is 35.2. The highest BCUT2D eigenvalue weighted by Gasteiger charge is 2.48. The Kier molecular flexibility index (Phi) is 11.4. The second kappa shape index (κ2) is 12.1. The fourth-order valence-electron chi connectivity index (χ4n) is 3.89. The van der Waals surface area contributed by atoms with Gasteiger partial charge in [0.25, 0.3) is 0 Å². The van der Waals surface area contributed by atoms with Crippen molar-refractivity contribution in [1.82, 2.24) is 0 Å². The standard InChI is InChI=1S/C29H60O5Si3/c1-27(2,3)35(11,12)32-18-17-23-24(33-36(13,14)28(4,5)6)19-22(21-26(30)31-10)20-25(23)34-37(15,16)29(7,8)9/h21,23-25H,17-20H2,1-16H3/t23?,24-,25+. The summed E-state index contributed by atoms with van der Waals surface area (Å²) >= 11 is 0. The third kappa shape index (κ3) is 9.41. The highest BCUT2D eigenvalue weighted by Crippen LogP contribution is 2.46. The van der Waals surface area contributed by atoms with Gasteiger partial charge in [0.2, 0.25) is 0 Å². The smallest absolute Gasteiger partial charge is 0.330 e. The second-order valence-electron chi connectivity index (χ2n) is 15.6. The largest absolute Gasteiger partial charge is 0.466 e. The number of methoxy groups -OCH3 is 1. The van der Waals surface area contributed by atoms with Crippen molar-refractivity contribution < 1.29 is 22.8 Å². The number of carbonyl (C=O) groups excluding carboxylic acids is 1. The molecule has 1 aliphatic carbocycles. The predicted octanol–water partition coefficient (Wildman–Crippen LogP) is 8.69. The molecular weight excluding hydrogens is 513 g/mol. The molecule has 1 fully saturated rings. The van der Waals surface area contributed by atoms with Crippen LogP contribution in [0.3, 0.4) is 0 Å². The minimum absolute atomic E-state index is 0.0108. The Hall–Kier alpha value is -0.259. The third-order valence-electron chi connectivity index (χ3n) is 9.63. The van der Waals surface area contributed by atoms with Crippen molar-refractivity contribution in [2.24, 2.45) is 5.92 Å². The maximum absolute atomic E-state index is 12.3. The van der Waals surface area contributed by atoms with Gasteiger partial charge in [-0.2, -0.15) is 0 Å². The summed E-state index contributed by atoms with van der Waals surface area (Å²) in [5.74, 6) is -0.0883. The number of hydrogen-bond acceptors (Lipinski definition) is 5. The Morgan fingerprint density at radius 3 is 1.46 bits per heavy atom. The number of hydrogen-bond donors (Lipinski definition) is 0. The monoisotopic (exact) mass is 572 g/mol. The minimum Gasteiger partial charge on any atom is -0.466 e. The van der Waals surface area contributed by atoms with E-state index in [1.54, 1.807) is 6.08 Å². The van der Waals surface area contributed by atoms with Crippen LogP contribution in [0, 0.1) is 5.92 Å². The predicted molar refractivity (Wildman–Crippen MR) is 165 cm³/mol. The topological polar surface area (TPSA) is 54.0 Å². The Bertz CT molecular complexity index is 758. The van der Waals surface area contributed by atoms with Gasteiger partial charge in [0.1, 0.15) is 0 Å². The van der Waals surface area contributed by atoms with Gasteiger partial charge >= 0.3 is 5.97 Å². The summed E-state index contributed by atoms with van der Waals surface area (Å²) in [6, 6.07) is 0. The van der Waals surface area contributed by atoms with Crippen LogP contribution in [0.15, 0.2) is 11.6 Å². The summed E-state index contributed by atoms with van der Waals surface area (Å²) < 4.78 is 25.9. The molecule has 1 unspecified atom stereocenters. The normalized spacial score (nSPS) is 23.9. The molecule has 0 bridgehead atoms. The van der Waals surface area contributed by atoms with Crippen molar-refractivity contribution in [2.75, 3.05) is 13.7 Å². The molecule has 1 saturated carbocycles. The highest BCUT2D eigenvalue weighted by molar-refractivity contribution is 6.75. The van der Waals surface area contributed by atoms with E-state index in [4.69, 9.17) is 18.0 Å². The fourth-order valence-corrected chi connectivity index (χ4v) is 7.69. The minimum atomic E-state index is -2.06. The average Bonchev–Trinajstić information content (AvgIpc) is 2.66. The van der Waals surface area contributed by atoms with Crippen molar-refractivity contribution in [2.45, 2.75) is 148 Å². The molecule has 0 radical (unpaired) electrons. The molecule has 0 aliphatic heterocycles. The van der Waals surface area contributed by atoms with Gasteiger partial charge in [-0.3, -0.25) is 0 Å². The van der Waals surface area contributed by atoms with Gasteiger partial charge < -0.3 is 18.0 Å². The van der Waals surface area contributed by atoms with E-state index in [9.17, 15) is 4.79 Å². The van der Waals surface area contributed by atoms with Crippen molar-refractivity contribution in [1.29, 1.82) is 0 Å². The van der Waals surface area contributed by atoms with Gasteiger partial charge in [-0.05, 0) is 73.7 Å². The molecule has 0 aromatic heterocycles. The van der Waals surface area contributed by atoms with Crippen LogP contribution in [-0.4, -0.2) is 56.8 Å². The molecule has 3 atom stereocenters. The van der Waals surface area contributed by atoms with E-state index in [0.717, 1.165) is 24.8 Å². The summed E-state index contributed by atoms with van der Waals surface area (Å²) in [4.78, 5) is 12.3. The van der Waals surface area contributed by atoms with Crippen LogP contribution in [0.1, 0.15) is 81.6 Å². The molecule has 0 spiro atoms. The van der Waals surface area contributed by atoms with Crippen LogP contribution >= 0.6 is 0 Å². The molecule has 0 saturated heterocycles. The Balaban J connectivity index is 3.46. The molecule has 1 rings (SSSR count). The summed E-state index contributed by atoms with van der Waals surface area (Å²) in [5.41, 5.74) is 1.07. The van der Waals surface area contributed by atoms with Gasteiger partial charge in [-0.25, -0.2) is 4.79 Å². The van der Waals surface area contributed by atoms with Crippen LogP contribution in [0.5, 0.6) is 0 Å². The van der Waals surface area contributed by atoms with Gasteiger partial charge in [-0.15, -0.1) is 0 Å². The lowest BCUT2D eigenvalue weighted by Gasteiger charge is -2.49. The quantitative estimate of drug-likeness (QED) is 0.157. The lowest BCUT2D eigenvalue weighted by molar-refractivity contribution is -0.134. The molecule has 0 amide bonds. The number of ether oxygens (including phenoxy) is 1. The Labute approximate surface area is 232 Å². The highest BCUT2D eigenvalue weighted by atomic mass is 28.4. The van der Waals surface area contributed by atoms with Crippen LogP contribution in [0.4, 0.5) is 0 Å². The molecule has 0 heterocycles. The first-order valence-corrected chi connectivity index (χ1v) is 22.8. The summed E-state index contributed by atoms with van der Waals surface area (Å²) in [5, 5.41) is 0.355. The van der Waals surface area contributed by atoms with Gasteiger partial charge in [0.15, 0.2) is 25.0 Å². The first kappa shape index (κ1) is 34.8.